The summed E-state index contributed by atoms with van der Waals surface area (Å²) in [5.41, 5.74) is -1.20. The molecule has 2 aromatic rings. The first-order valence-corrected chi connectivity index (χ1v) is 5.83. The van der Waals surface area contributed by atoms with Crippen molar-refractivity contribution in [1.82, 2.24) is 10.3 Å². The van der Waals surface area contributed by atoms with Crippen LogP contribution in [0.1, 0.15) is 24.4 Å². The van der Waals surface area contributed by atoms with Crippen molar-refractivity contribution in [2.45, 2.75) is 19.1 Å². The molecule has 0 spiro atoms. The molecule has 0 aliphatic rings. The van der Waals surface area contributed by atoms with Crippen LogP contribution in [0, 0.1) is 5.82 Å². The van der Waals surface area contributed by atoms with Crippen LogP contribution in [0.15, 0.2) is 28.8 Å². The molecule has 1 unspecified atom stereocenters. The van der Waals surface area contributed by atoms with Gasteiger partial charge in [-0.15, -0.1) is 0 Å². The van der Waals surface area contributed by atoms with Crippen molar-refractivity contribution in [2.24, 2.45) is 0 Å². The summed E-state index contributed by atoms with van der Waals surface area (Å²) in [5.74, 6) is -0.553. The first kappa shape index (κ1) is 14.5. The average Bonchev–Trinajstić information content (AvgIpc) is 2.86. The van der Waals surface area contributed by atoms with Gasteiger partial charge < -0.3 is 9.73 Å². The fourth-order valence-corrected chi connectivity index (χ4v) is 1.63. The summed E-state index contributed by atoms with van der Waals surface area (Å²) in [4.78, 5) is 3.92. The molecule has 0 amide bonds. The molecule has 0 bridgehead atoms. The third kappa shape index (κ3) is 2.82. The van der Waals surface area contributed by atoms with Gasteiger partial charge in [-0.25, -0.2) is 9.37 Å². The van der Waals surface area contributed by atoms with Crippen molar-refractivity contribution in [1.29, 1.82) is 0 Å². The van der Waals surface area contributed by atoms with Crippen LogP contribution in [-0.2, 0) is 6.18 Å². The number of alkyl halides is 3. The summed E-state index contributed by atoms with van der Waals surface area (Å²) in [6.07, 6.45) is -3.33. The smallest absolute Gasteiger partial charge is 0.416 e. The summed E-state index contributed by atoms with van der Waals surface area (Å²) in [6.45, 7) is 1.76. The van der Waals surface area contributed by atoms with Gasteiger partial charge in [0.2, 0.25) is 5.89 Å². The summed E-state index contributed by atoms with van der Waals surface area (Å²) in [6, 6.07) is 1.94. The monoisotopic (exact) mass is 288 g/mol. The quantitative estimate of drug-likeness (QED) is 0.873. The summed E-state index contributed by atoms with van der Waals surface area (Å²) >= 11 is 0. The van der Waals surface area contributed by atoms with E-state index in [-0.39, 0.29) is 23.3 Å². The molecule has 0 saturated heterocycles. The van der Waals surface area contributed by atoms with Gasteiger partial charge in [0, 0.05) is 0 Å². The molecule has 1 N–H and O–H groups in total. The molecule has 1 atom stereocenters. The van der Waals surface area contributed by atoms with Crippen LogP contribution in [0.25, 0.3) is 11.3 Å². The number of nitrogens with zero attached hydrogens (tertiary/aromatic N) is 1. The van der Waals surface area contributed by atoms with E-state index in [1.54, 1.807) is 14.0 Å². The van der Waals surface area contributed by atoms with E-state index >= 15 is 0 Å². The van der Waals surface area contributed by atoms with E-state index in [4.69, 9.17) is 4.42 Å². The van der Waals surface area contributed by atoms with Crippen molar-refractivity contribution >= 4 is 0 Å². The van der Waals surface area contributed by atoms with Gasteiger partial charge in [0.05, 0.1) is 23.4 Å². The van der Waals surface area contributed by atoms with E-state index in [0.29, 0.717) is 12.1 Å². The van der Waals surface area contributed by atoms with Crippen molar-refractivity contribution in [3.8, 4) is 11.3 Å². The molecule has 1 aromatic carbocycles. The van der Waals surface area contributed by atoms with Gasteiger partial charge in [0.15, 0.2) is 5.76 Å². The summed E-state index contributed by atoms with van der Waals surface area (Å²) in [7, 11) is 1.68. The maximum atomic E-state index is 13.7. The highest BCUT2D eigenvalue weighted by molar-refractivity contribution is 5.58. The molecule has 0 saturated carbocycles. The Morgan fingerprint density at radius 3 is 2.60 bits per heavy atom. The highest BCUT2D eigenvalue weighted by Crippen LogP contribution is 2.34. The van der Waals surface area contributed by atoms with Crippen LogP contribution in [0.3, 0.4) is 0 Å². The molecule has 0 radical (unpaired) electrons. The number of aromatic nitrogens is 1. The van der Waals surface area contributed by atoms with Gasteiger partial charge in [0.1, 0.15) is 5.82 Å². The van der Waals surface area contributed by atoms with Crippen molar-refractivity contribution in [3.63, 3.8) is 0 Å². The number of halogens is 4. The third-order valence-electron chi connectivity index (χ3n) is 2.89. The van der Waals surface area contributed by atoms with Crippen LogP contribution >= 0.6 is 0 Å². The molecule has 3 nitrogen and oxygen atoms in total. The summed E-state index contributed by atoms with van der Waals surface area (Å²) in [5, 5.41) is 2.87. The first-order valence-electron chi connectivity index (χ1n) is 5.83. The third-order valence-corrected chi connectivity index (χ3v) is 2.89. The van der Waals surface area contributed by atoms with Crippen LogP contribution < -0.4 is 5.32 Å². The van der Waals surface area contributed by atoms with Gasteiger partial charge in [-0.1, -0.05) is 0 Å². The highest BCUT2D eigenvalue weighted by Gasteiger charge is 2.31. The number of hydrogen-bond acceptors (Lipinski definition) is 3. The molecule has 7 heteroatoms. The first-order chi connectivity index (χ1) is 9.32. The van der Waals surface area contributed by atoms with E-state index in [2.05, 4.69) is 10.3 Å². The van der Waals surface area contributed by atoms with Crippen LogP contribution in [0.5, 0.6) is 0 Å². The Hall–Kier alpha value is -1.89. The van der Waals surface area contributed by atoms with E-state index in [0.717, 1.165) is 6.07 Å². The Bertz CT molecular complexity index is 607. The molecule has 1 heterocycles. The Kier molecular flexibility index (Phi) is 3.80. The second-order valence-electron chi connectivity index (χ2n) is 4.27. The van der Waals surface area contributed by atoms with Gasteiger partial charge in [0.25, 0.3) is 0 Å². The topological polar surface area (TPSA) is 38.1 Å². The van der Waals surface area contributed by atoms with Crippen molar-refractivity contribution in [2.75, 3.05) is 7.05 Å². The van der Waals surface area contributed by atoms with Gasteiger partial charge >= 0.3 is 6.18 Å². The highest BCUT2D eigenvalue weighted by atomic mass is 19.4. The van der Waals surface area contributed by atoms with E-state index < -0.39 is 17.6 Å². The molecule has 0 fully saturated rings. The zero-order valence-corrected chi connectivity index (χ0v) is 10.8. The number of rotatable bonds is 3. The van der Waals surface area contributed by atoms with Crippen LogP contribution in [-0.4, -0.2) is 12.0 Å². The SMILES string of the molecule is CNC(C)c1ncc(-c2cc(C(F)(F)F)ccc2F)o1. The lowest BCUT2D eigenvalue weighted by Gasteiger charge is -2.08. The maximum absolute atomic E-state index is 13.7. The standard InChI is InChI=1S/C13H12F4N2O/c1-7(18-2)12-19-6-11(20-12)9-5-8(13(15,16)17)3-4-10(9)14/h3-7,18H,1-2H3. The molecule has 0 aliphatic heterocycles. The van der Waals surface area contributed by atoms with E-state index in [1.165, 1.54) is 6.20 Å². The minimum absolute atomic E-state index is 0.0364. The van der Waals surface area contributed by atoms with Crippen molar-refractivity contribution in [3.05, 3.63) is 41.7 Å². The lowest BCUT2D eigenvalue weighted by atomic mass is 10.1. The second kappa shape index (κ2) is 5.24. The minimum Gasteiger partial charge on any atom is -0.439 e. The van der Waals surface area contributed by atoms with Gasteiger partial charge in [-0.05, 0) is 32.2 Å². The Morgan fingerprint density at radius 1 is 1.30 bits per heavy atom. The zero-order chi connectivity index (χ0) is 14.9. The number of hydrogen-bond donors (Lipinski definition) is 1. The molecular weight excluding hydrogens is 276 g/mol. The molecule has 20 heavy (non-hydrogen) atoms. The molecular formula is C13H12F4N2O. The Balaban J connectivity index is 2.44. The second-order valence-corrected chi connectivity index (χ2v) is 4.27. The minimum atomic E-state index is -4.54. The largest absolute Gasteiger partial charge is 0.439 e. The Labute approximate surface area is 112 Å². The molecule has 1 aromatic heterocycles. The van der Waals surface area contributed by atoms with E-state index in [1.807, 2.05) is 0 Å². The normalized spacial score (nSPS) is 13.5. The number of benzene rings is 1. The zero-order valence-electron chi connectivity index (χ0n) is 10.8. The predicted molar refractivity (Wildman–Crippen MR) is 64.4 cm³/mol. The lowest BCUT2D eigenvalue weighted by Crippen LogP contribution is -2.12. The molecule has 0 aliphatic carbocycles. The van der Waals surface area contributed by atoms with Crippen LogP contribution in [0.4, 0.5) is 17.6 Å². The van der Waals surface area contributed by atoms with Crippen LogP contribution in [0.2, 0.25) is 0 Å². The predicted octanol–water partition coefficient (Wildman–Crippen LogP) is 3.78. The van der Waals surface area contributed by atoms with E-state index in [9.17, 15) is 17.6 Å². The van der Waals surface area contributed by atoms with Gasteiger partial charge in [-0.3, -0.25) is 0 Å². The maximum Gasteiger partial charge on any atom is 0.416 e. The fraction of sp³-hybridized carbons (Fsp3) is 0.308. The molecule has 108 valence electrons. The average molecular weight is 288 g/mol. The Morgan fingerprint density at radius 2 is 2.00 bits per heavy atom. The lowest BCUT2D eigenvalue weighted by molar-refractivity contribution is -0.137. The molecule has 2 rings (SSSR count). The number of nitrogens with one attached hydrogen (secondary N) is 1. The van der Waals surface area contributed by atoms with Gasteiger partial charge in [-0.2, -0.15) is 13.2 Å². The number of oxazole rings is 1. The summed E-state index contributed by atoms with van der Waals surface area (Å²) < 4.78 is 56.8. The van der Waals surface area contributed by atoms with Crippen molar-refractivity contribution < 1.29 is 22.0 Å². The fourth-order valence-electron chi connectivity index (χ4n) is 1.63.